The molecule has 9 aromatic carbocycles. The lowest BCUT2D eigenvalue weighted by Crippen LogP contribution is -2.57. The summed E-state index contributed by atoms with van der Waals surface area (Å²) in [6.45, 7) is 2.17. The Hall–Kier alpha value is -7.54. The number of ether oxygens (including phenoxy) is 2. The lowest BCUT2D eigenvalue weighted by Gasteiger charge is -2.34. The van der Waals surface area contributed by atoms with Crippen molar-refractivity contribution in [3.8, 4) is 45.5 Å². The number of aromatic nitrogens is 2. The molecule has 0 fully saturated rings. The summed E-state index contributed by atoms with van der Waals surface area (Å²) in [5.74, 6) is 3.35. The van der Waals surface area contributed by atoms with E-state index in [4.69, 9.17) is 9.47 Å². The lowest BCUT2D eigenvalue weighted by molar-refractivity contribution is 0.464. The third-order valence-corrected chi connectivity index (χ3v) is 14.3. The van der Waals surface area contributed by atoms with Crippen molar-refractivity contribution in [3.05, 3.63) is 188 Å². The Labute approximate surface area is 355 Å². The number of hydrogen-bond acceptors (Lipinski definition) is 3. The second kappa shape index (κ2) is 12.3. The summed E-state index contributed by atoms with van der Waals surface area (Å²) in [7, 11) is 0. The summed E-state index contributed by atoms with van der Waals surface area (Å²) < 4.78 is 21.7. The molecule has 5 heterocycles. The topological polar surface area (TPSA) is 28.3 Å². The molecule has 0 spiro atoms. The summed E-state index contributed by atoms with van der Waals surface area (Å²) in [5, 5.41) is 7.59. The monoisotopic (exact) mass is 796 g/mol. The number of fused-ring (bicyclic) bond motifs is 14. The highest BCUT2D eigenvalue weighted by atomic mass is 32.1. The molecule has 2 aliphatic rings. The quantitative estimate of drug-likeness (QED) is 0.167. The van der Waals surface area contributed by atoms with Crippen molar-refractivity contribution in [2.24, 2.45) is 0 Å². The number of nitrogens with zero attached hydrogens (tertiary/aromatic N) is 2. The molecule has 0 saturated heterocycles. The molecule has 0 radical (unpaired) electrons. The van der Waals surface area contributed by atoms with E-state index in [0.717, 1.165) is 72.9 Å². The van der Waals surface area contributed by atoms with Crippen molar-refractivity contribution in [3.63, 3.8) is 0 Å². The molecule has 61 heavy (non-hydrogen) atoms. The third-order valence-electron chi connectivity index (χ3n) is 13.1. The minimum absolute atomic E-state index is 0.0846. The zero-order valence-corrected chi connectivity index (χ0v) is 33.8. The van der Waals surface area contributed by atoms with E-state index in [0.29, 0.717) is 0 Å². The standard InChI is InChI=1S/C55H33BN2O2S/c1-32-27-41-39-17-7-11-21-46(39)58(54(41)55-52(32)40-18-8-12-22-51(40)61-55)35-24-26-43-48(29-35)60-50-31-36(57-44-19-9-5-15-37(44)38-16-6-10-20-45(38)57)30-49-53(50)56(43)42-25-23-34(28-47(42)59-49)33-13-3-2-4-14-33/h2-31H,1H3. The molecule has 0 atom stereocenters. The Bertz CT molecular complexity index is 3800. The van der Waals surface area contributed by atoms with Crippen LogP contribution < -0.4 is 25.9 Å². The van der Waals surface area contributed by atoms with E-state index >= 15 is 0 Å². The number of aryl methyl sites for hydroxylation is 1. The van der Waals surface area contributed by atoms with Crippen LogP contribution in [0.2, 0.25) is 0 Å². The molecule has 0 aliphatic carbocycles. The van der Waals surface area contributed by atoms with Gasteiger partial charge in [0.25, 0.3) is 6.71 Å². The highest BCUT2D eigenvalue weighted by molar-refractivity contribution is 7.26. The summed E-state index contributed by atoms with van der Waals surface area (Å²) in [5.41, 5.74) is 13.7. The number of benzene rings is 9. The predicted molar refractivity (Wildman–Crippen MR) is 256 cm³/mol. The Balaban J connectivity index is 1.02. The van der Waals surface area contributed by atoms with E-state index in [9.17, 15) is 0 Å². The van der Waals surface area contributed by atoms with Crippen molar-refractivity contribution in [1.82, 2.24) is 9.13 Å². The Morgan fingerprint density at radius 2 is 1.00 bits per heavy atom. The molecular weight excluding hydrogens is 763 g/mol. The van der Waals surface area contributed by atoms with Crippen molar-refractivity contribution < 1.29 is 9.47 Å². The van der Waals surface area contributed by atoms with Gasteiger partial charge in [-0.3, -0.25) is 0 Å². The average molecular weight is 797 g/mol. The molecule has 12 aromatic rings. The first-order valence-corrected chi connectivity index (χ1v) is 21.7. The van der Waals surface area contributed by atoms with Crippen LogP contribution in [0.5, 0.6) is 23.0 Å². The summed E-state index contributed by atoms with van der Waals surface area (Å²) in [6, 6.07) is 65.8. The second-order valence-electron chi connectivity index (χ2n) is 16.4. The molecular formula is C55H33BN2O2S. The van der Waals surface area contributed by atoms with Crippen LogP contribution in [-0.2, 0) is 0 Å². The average Bonchev–Trinajstić information content (AvgIpc) is 3.97. The minimum Gasteiger partial charge on any atom is -0.458 e. The molecule has 14 rings (SSSR count). The first kappa shape index (κ1) is 33.3. The zero-order chi connectivity index (χ0) is 39.9. The number of para-hydroxylation sites is 3. The van der Waals surface area contributed by atoms with Gasteiger partial charge in [-0.05, 0) is 77.0 Å². The molecule has 0 bridgehead atoms. The molecule has 2 aliphatic heterocycles. The molecule has 0 saturated carbocycles. The maximum absolute atomic E-state index is 7.21. The van der Waals surface area contributed by atoms with Crippen molar-refractivity contribution in [2.75, 3.05) is 0 Å². The first-order valence-electron chi connectivity index (χ1n) is 20.9. The maximum Gasteiger partial charge on any atom is 0.260 e. The third kappa shape index (κ3) is 4.60. The normalized spacial score (nSPS) is 12.9. The smallest absolute Gasteiger partial charge is 0.260 e. The summed E-state index contributed by atoms with van der Waals surface area (Å²) in [6.07, 6.45) is 0. The van der Waals surface area contributed by atoms with Gasteiger partial charge in [-0.2, -0.15) is 0 Å². The Morgan fingerprint density at radius 1 is 0.443 bits per heavy atom. The summed E-state index contributed by atoms with van der Waals surface area (Å²) in [4.78, 5) is 0. The molecule has 4 nitrogen and oxygen atoms in total. The van der Waals surface area contributed by atoms with E-state index in [1.807, 2.05) is 11.3 Å². The van der Waals surface area contributed by atoms with Gasteiger partial charge in [0.05, 0.1) is 32.5 Å². The number of thiophene rings is 1. The van der Waals surface area contributed by atoms with Crippen LogP contribution in [0.4, 0.5) is 0 Å². The van der Waals surface area contributed by atoms with Gasteiger partial charge in [-0.15, -0.1) is 11.3 Å². The van der Waals surface area contributed by atoms with Crippen LogP contribution in [0.25, 0.3) is 86.3 Å². The van der Waals surface area contributed by atoms with E-state index in [1.165, 1.54) is 58.3 Å². The van der Waals surface area contributed by atoms with Gasteiger partial charge in [-0.25, -0.2) is 0 Å². The van der Waals surface area contributed by atoms with Gasteiger partial charge in [0.1, 0.15) is 23.0 Å². The van der Waals surface area contributed by atoms with Crippen LogP contribution in [0.1, 0.15) is 5.56 Å². The molecule has 0 unspecified atom stereocenters. The van der Waals surface area contributed by atoms with Crippen molar-refractivity contribution in [2.45, 2.75) is 6.92 Å². The van der Waals surface area contributed by atoms with Crippen LogP contribution >= 0.6 is 11.3 Å². The van der Waals surface area contributed by atoms with E-state index in [1.54, 1.807) is 0 Å². The van der Waals surface area contributed by atoms with E-state index in [2.05, 4.69) is 198 Å². The lowest BCUT2D eigenvalue weighted by atomic mass is 9.35. The van der Waals surface area contributed by atoms with Crippen LogP contribution in [0.15, 0.2) is 182 Å². The fraction of sp³-hybridized carbons (Fsp3) is 0.0182. The Kier molecular flexibility index (Phi) is 6.70. The molecule has 3 aromatic heterocycles. The largest absolute Gasteiger partial charge is 0.458 e. The highest BCUT2D eigenvalue weighted by Crippen LogP contribution is 2.46. The molecule has 0 amide bonds. The fourth-order valence-electron chi connectivity index (χ4n) is 10.5. The maximum atomic E-state index is 7.21. The molecule has 6 heteroatoms. The second-order valence-corrected chi connectivity index (χ2v) is 17.5. The molecule has 284 valence electrons. The van der Waals surface area contributed by atoms with Gasteiger partial charge in [0, 0.05) is 66.4 Å². The van der Waals surface area contributed by atoms with Crippen molar-refractivity contribution >= 4 is 98.2 Å². The van der Waals surface area contributed by atoms with Gasteiger partial charge in [0.15, 0.2) is 0 Å². The Morgan fingerprint density at radius 3 is 1.70 bits per heavy atom. The van der Waals surface area contributed by atoms with Crippen LogP contribution in [0.3, 0.4) is 0 Å². The van der Waals surface area contributed by atoms with E-state index < -0.39 is 0 Å². The minimum atomic E-state index is -0.0846. The zero-order valence-electron chi connectivity index (χ0n) is 33.0. The highest BCUT2D eigenvalue weighted by Gasteiger charge is 2.41. The van der Waals surface area contributed by atoms with Crippen LogP contribution in [-0.4, -0.2) is 15.8 Å². The first-order chi connectivity index (χ1) is 30.2. The van der Waals surface area contributed by atoms with Crippen LogP contribution in [0, 0.1) is 6.92 Å². The van der Waals surface area contributed by atoms with Crippen molar-refractivity contribution in [1.29, 1.82) is 0 Å². The van der Waals surface area contributed by atoms with Gasteiger partial charge < -0.3 is 18.6 Å². The fourth-order valence-corrected chi connectivity index (χ4v) is 11.9. The van der Waals surface area contributed by atoms with Gasteiger partial charge in [0.2, 0.25) is 0 Å². The molecule has 0 N–H and O–H groups in total. The van der Waals surface area contributed by atoms with E-state index in [-0.39, 0.29) is 6.71 Å². The predicted octanol–water partition coefficient (Wildman–Crippen LogP) is 13.0. The van der Waals surface area contributed by atoms with Gasteiger partial charge >= 0.3 is 0 Å². The number of hydrogen-bond donors (Lipinski definition) is 0. The van der Waals surface area contributed by atoms with Gasteiger partial charge in [-0.1, -0.05) is 121 Å². The summed E-state index contributed by atoms with van der Waals surface area (Å²) >= 11 is 1.89. The SMILES string of the molecule is Cc1cc2c3ccccc3n(-c3ccc4c(c3)Oc3cc(-n5c6ccccc6c6ccccc65)cc5c3B4c3ccc(-c4ccccc4)cc3O5)c2c2sc3ccccc3c12. The number of rotatable bonds is 3.